The number of amides is 2. The number of anilines is 1. The molecule has 1 saturated heterocycles. The number of nitrogens with zero attached hydrogens (tertiary/aromatic N) is 1. The van der Waals surface area contributed by atoms with Crippen LogP contribution in [0.15, 0.2) is 18.2 Å². The Morgan fingerprint density at radius 3 is 2.44 bits per heavy atom. The zero-order valence-corrected chi connectivity index (χ0v) is 9.14. The van der Waals surface area contributed by atoms with E-state index >= 15 is 0 Å². The van der Waals surface area contributed by atoms with Gasteiger partial charge in [-0.1, -0.05) is 6.07 Å². The number of carboxylic acid groups (broad SMARTS) is 1. The molecule has 1 fully saturated rings. The Balaban J connectivity index is 2.44. The molecule has 0 bridgehead atoms. The topological polar surface area (TPSA) is 86.7 Å². The lowest BCUT2D eigenvalue weighted by Crippen LogP contribution is -2.51. The average molecular weight is 252 g/mol. The molecule has 0 spiro atoms. The number of carbonyl (C=O) groups is 3. The van der Waals surface area contributed by atoms with Crippen LogP contribution in [0, 0.1) is 5.82 Å². The van der Waals surface area contributed by atoms with Crippen molar-refractivity contribution in [3.63, 3.8) is 0 Å². The monoisotopic (exact) mass is 252 g/mol. The molecule has 94 valence electrons. The highest BCUT2D eigenvalue weighted by molar-refractivity contribution is 6.04. The van der Waals surface area contributed by atoms with Gasteiger partial charge in [0.05, 0.1) is 18.8 Å². The van der Waals surface area contributed by atoms with Crippen LogP contribution in [0.1, 0.15) is 10.4 Å². The van der Waals surface area contributed by atoms with Crippen LogP contribution in [0.2, 0.25) is 0 Å². The van der Waals surface area contributed by atoms with E-state index < -0.39 is 29.2 Å². The van der Waals surface area contributed by atoms with Crippen molar-refractivity contribution in [3.05, 3.63) is 29.6 Å². The Bertz CT molecular complexity index is 528. The number of benzene rings is 1. The van der Waals surface area contributed by atoms with Crippen LogP contribution in [-0.4, -0.2) is 36.0 Å². The third-order valence-electron chi connectivity index (χ3n) is 2.49. The maximum atomic E-state index is 13.5. The summed E-state index contributed by atoms with van der Waals surface area (Å²) in [6.07, 6.45) is 0. The van der Waals surface area contributed by atoms with Gasteiger partial charge in [0.1, 0.15) is 11.4 Å². The second kappa shape index (κ2) is 4.44. The first-order chi connectivity index (χ1) is 8.49. The molecule has 0 radical (unpaired) electrons. The minimum atomic E-state index is -1.44. The van der Waals surface area contributed by atoms with Gasteiger partial charge >= 0.3 is 5.97 Å². The summed E-state index contributed by atoms with van der Waals surface area (Å²) < 4.78 is 13.5. The quantitative estimate of drug-likeness (QED) is 0.723. The lowest BCUT2D eigenvalue weighted by atomic mass is 10.1. The molecule has 0 aromatic heterocycles. The van der Waals surface area contributed by atoms with Crippen molar-refractivity contribution >= 4 is 23.5 Å². The first-order valence-electron chi connectivity index (χ1n) is 5.08. The van der Waals surface area contributed by atoms with Crippen molar-refractivity contribution in [1.82, 2.24) is 5.32 Å². The minimum Gasteiger partial charge on any atom is -0.478 e. The number of halogens is 1. The van der Waals surface area contributed by atoms with Crippen LogP contribution >= 0.6 is 0 Å². The summed E-state index contributed by atoms with van der Waals surface area (Å²) in [5, 5.41) is 11.0. The Labute approximate surface area is 101 Å². The SMILES string of the molecule is O=C1CN(c2cccc(F)c2C(=O)O)CC(=O)N1. The summed E-state index contributed by atoms with van der Waals surface area (Å²) in [5.41, 5.74) is -0.522. The third-order valence-corrected chi connectivity index (χ3v) is 2.49. The van der Waals surface area contributed by atoms with Gasteiger partial charge < -0.3 is 10.0 Å². The molecule has 2 amide bonds. The Hall–Kier alpha value is -2.44. The highest BCUT2D eigenvalue weighted by Crippen LogP contribution is 2.23. The predicted molar refractivity (Wildman–Crippen MR) is 58.7 cm³/mol. The van der Waals surface area contributed by atoms with Gasteiger partial charge in [0, 0.05) is 0 Å². The number of carbonyl (C=O) groups excluding carboxylic acids is 2. The minimum absolute atomic E-state index is 0.0192. The van der Waals surface area contributed by atoms with Gasteiger partial charge in [0.2, 0.25) is 11.8 Å². The fourth-order valence-electron chi connectivity index (χ4n) is 1.80. The Morgan fingerprint density at radius 2 is 1.89 bits per heavy atom. The van der Waals surface area contributed by atoms with Crippen LogP contribution in [0.5, 0.6) is 0 Å². The molecule has 2 N–H and O–H groups in total. The molecule has 6 nitrogen and oxygen atoms in total. The van der Waals surface area contributed by atoms with Gasteiger partial charge in [-0.25, -0.2) is 9.18 Å². The molecule has 1 heterocycles. The van der Waals surface area contributed by atoms with Crippen LogP contribution in [0.25, 0.3) is 0 Å². The summed E-state index contributed by atoms with van der Waals surface area (Å²) in [5.74, 6) is -3.45. The molecule has 0 aliphatic carbocycles. The van der Waals surface area contributed by atoms with E-state index in [1.54, 1.807) is 0 Å². The van der Waals surface area contributed by atoms with E-state index in [2.05, 4.69) is 5.32 Å². The fourth-order valence-corrected chi connectivity index (χ4v) is 1.80. The van der Waals surface area contributed by atoms with E-state index in [0.717, 1.165) is 6.07 Å². The zero-order valence-electron chi connectivity index (χ0n) is 9.14. The summed E-state index contributed by atoms with van der Waals surface area (Å²) in [7, 11) is 0. The number of hydrogen-bond acceptors (Lipinski definition) is 4. The summed E-state index contributed by atoms with van der Waals surface area (Å²) in [6, 6.07) is 3.70. The van der Waals surface area contributed by atoms with E-state index in [-0.39, 0.29) is 18.8 Å². The first kappa shape index (κ1) is 12.0. The van der Waals surface area contributed by atoms with E-state index in [4.69, 9.17) is 5.11 Å². The molecule has 1 aromatic carbocycles. The second-order valence-electron chi connectivity index (χ2n) is 3.77. The number of imide groups is 1. The van der Waals surface area contributed by atoms with Crippen molar-refractivity contribution in [2.75, 3.05) is 18.0 Å². The van der Waals surface area contributed by atoms with Crippen molar-refractivity contribution < 1.29 is 23.9 Å². The smallest absolute Gasteiger partial charge is 0.340 e. The number of carboxylic acids is 1. The number of aromatic carboxylic acids is 1. The van der Waals surface area contributed by atoms with Crippen molar-refractivity contribution in [2.24, 2.45) is 0 Å². The maximum absolute atomic E-state index is 13.5. The summed E-state index contributed by atoms with van der Waals surface area (Å²) in [6.45, 7) is -0.370. The molecule has 18 heavy (non-hydrogen) atoms. The normalized spacial score (nSPS) is 15.5. The lowest BCUT2D eigenvalue weighted by molar-refractivity contribution is -0.130. The molecular formula is C11H9FN2O4. The summed E-state index contributed by atoms with van der Waals surface area (Å²) >= 11 is 0. The van der Waals surface area contributed by atoms with Crippen LogP contribution in [0.4, 0.5) is 10.1 Å². The van der Waals surface area contributed by atoms with Crippen molar-refractivity contribution in [3.8, 4) is 0 Å². The van der Waals surface area contributed by atoms with Gasteiger partial charge in [-0.15, -0.1) is 0 Å². The largest absolute Gasteiger partial charge is 0.478 e. The highest BCUT2D eigenvalue weighted by Gasteiger charge is 2.27. The molecular weight excluding hydrogens is 243 g/mol. The van der Waals surface area contributed by atoms with Crippen LogP contribution in [-0.2, 0) is 9.59 Å². The highest BCUT2D eigenvalue weighted by atomic mass is 19.1. The van der Waals surface area contributed by atoms with Gasteiger partial charge in [-0.2, -0.15) is 0 Å². The zero-order chi connectivity index (χ0) is 13.3. The fraction of sp³-hybridized carbons (Fsp3) is 0.182. The van der Waals surface area contributed by atoms with Gasteiger partial charge in [0.15, 0.2) is 0 Å². The van der Waals surface area contributed by atoms with Crippen molar-refractivity contribution in [2.45, 2.75) is 0 Å². The molecule has 0 atom stereocenters. The second-order valence-corrected chi connectivity index (χ2v) is 3.77. The van der Waals surface area contributed by atoms with E-state index in [1.165, 1.54) is 17.0 Å². The molecule has 1 aromatic rings. The number of rotatable bonds is 2. The van der Waals surface area contributed by atoms with Gasteiger partial charge in [-0.3, -0.25) is 14.9 Å². The number of piperazine rings is 1. The maximum Gasteiger partial charge on any atom is 0.340 e. The number of hydrogen-bond donors (Lipinski definition) is 2. The van der Waals surface area contributed by atoms with Crippen LogP contribution < -0.4 is 10.2 Å². The Kier molecular flexibility index (Phi) is 2.97. The molecule has 2 rings (SSSR count). The van der Waals surface area contributed by atoms with E-state index in [1.807, 2.05) is 0 Å². The lowest BCUT2D eigenvalue weighted by Gasteiger charge is -2.28. The molecule has 1 aliphatic rings. The van der Waals surface area contributed by atoms with E-state index in [0.29, 0.717) is 0 Å². The predicted octanol–water partition coefficient (Wildman–Crippen LogP) is -0.0133. The van der Waals surface area contributed by atoms with Crippen molar-refractivity contribution in [1.29, 1.82) is 0 Å². The van der Waals surface area contributed by atoms with Gasteiger partial charge in [-0.05, 0) is 12.1 Å². The Morgan fingerprint density at radius 1 is 1.28 bits per heavy atom. The van der Waals surface area contributed by atoms with E-state index in [9.17, 15) is 18.8 Å². The standard InChI is InChI=1S/C11H9FN2O4/c12-6-2-1-3-7(10(6)11(17)18)14-4-8(15)13-9(16)5-14/h1-3H,4-5H2,(H,17,18)(H,13,15,16). The molecule has 0 saturated carbocycles. The third kappa shape index (κ3) is 2.15. The first-order valence-corrected chi connectivity index (χ1v) is 5.08. The summed E-state index contributed by atoms with van der Waals surface area (Å²) in [4.78, 5) is 34.6. The molecule has 1 aliphatic heterocycles. The van der Waals surface area contributed by atoms with Gasteiger partial charge in [0.25, 0.3) is 0 Å². The number of nitrogens with one attached hydrogen (secondary N) is 1. The molecule has 0 unspecified atom stereocenters. The molecule has 7 heteroatoms. The average Bonchev–Trinajstić information content (AvgIpc) is 2.26. The van der Waals surface area contributed by atoms with Crippen LogP contribution in [0.3, 0.4) is 0 Å².